The maximum absolute atomic E-state index is 14.1. The summed E-state index contributed by atoms with van der Waals surface area (Å²) in [4.78, 5) is 20.1. The number of benzene rings is 2. The van der Waals surface area contributed by atoms with Crippen molar-refractivity contribution >= 4 is 29.9 Å². The lowest BCUT2D eigenvalue weighted by atomic mass is 9.94. The summed E-state index contributed by atoms with van der Waals surface area (Å²) < 4.78 is 193. The number of hydrogen-bond acceptors (Lipinski definition) is 15. The summed E-state index contributed by atoms with van der Waals surface area (Å²) in [6.45, 7) is 4.52. The monoisotopic (exact) mass is 1080 g/mol. The molecule has 0 aliphatic carbocycles. The fourth-order valence-corrected chi connectivity index (χ4v) is 7.35. The van der Waals surface area contributed by atoms with Gasteiger partial charge in [0.15, 0.2) is 11.4 Å². The van der Waals surface area contributed by atoms with E-state index in [1.54, 1.807) is 24.3 Å². The minimum absolute atomic E-state index is 0. The van der Waals surface area contributed by atoms with E-state index >= 15 is 0 Å². The van der Waals surface area contributed by atoms with Crippen molar-refractivity contribution in [2.45, 2.75) is 114 Å². The van der Waals surface area contributed by atoms with Crippen molar-refractivity contribution in [3.63, 3.8) is 0 Å². The van der Waals surface area contributed by atoms with Crippen LogP contribution < -0.4 is 20.5 Å². The highest BCUT2D eigenvalue weighted by Crippen LogP contribution is 2.48. The van der Waals surface area contributed by atoms with Gasteiger partial charge < -0.3 is 39.0 Å². The van der Waals surface area contributed by atoms with Crippen molar-refractivity contribution in [3.8, 4) is 46.4 Å². The van der Waals surface area contributed by atoms with Gasteiger partial charge in [0, 0.05) is 0 Å². The zero-order valence-electron chi connectivity index (χ0n) is 38.5. The summed E-state index contributed by atoms with van der Waals surface area (Å²) >= 11 is 0. The van der Waals surface area contributed by atoms with Crippen LogP contribution in [0.1, 0.15) is 93.3 Å². The molecule has 2 aliphatic rings. The minimum atomic E-state index is -5.23. The van der Waals surface area contributed by atoms with E-state index in [1.165, 1.54) is 45.0 Å². The number of amides is 1. The number of rotatable bonds is 1. The van der Waals surface area contributed by atoms with Gasteiger partial charge in [-0.05, 0) is 108 Å². The van der Waals surface area contributed by atoms with Crippen molar-refractivity contribution in [1.82, 2.24) is 30.4 Å². The topological polar surface area (TPSA) is 227 Å². The van der Waals surface area contributed by atoms with Crippen LogP contribution in [0.2, 0.25) is 0 Å². The Morgan fingerprint density at radius 3 is 1.49 bits per heavy atom. The predicted molar refractivity (Wildman–Crippen MR) is 235 cm³/mol. The zero-order chi connectivity index (χ0) is 53.5. The first-order valence-corrected chi connectivity index (χ1v) is 21.7. The van der Waals surface area contributed by atoms with Gasteiger partial charge in [-0.2, -0.15) is 52.7 Å². The Balaban J connectivity index is 0.000000242. The number of nitrogens with zero attached hydrogens (tertiary/aromatic N) is 6. The molecule has 0 fully saturated rings. The molecule has 2 atom stereocenters. The Bertz CT molecular complexity index is 2980. The summed E-state index contributed by atoms with van der Waals surface area (Å²) in [5.41, 5.74) is -6.63. The average molecular weight is 1090 g/mol. The molecule has 16 nitrogen and oxygen atoms in total. The number of carbonyl (C=O) groups is 1. The van der Waals surface area contributed by atoms with E-state index in [0.29, 0.717) is 23.3 Å². The first-order valence-electron chi connectivity index (χ1n) is 21.7. The van der Waals surface area contributed by atoms with Crippen LogP contribution in [0.5, 0.6) is 23.3 Å². The lowest BCUT2D eigenvalue weighted by Gasteiger charge is -2.27. The number of pyridine rings is 2. The molecule has 6 aromatic rings. The largest absolute Gasteiger partial charge is 0.444 e. The number of aliphatic hydroxyl groups is 2. The van der Waals surface area contributed by atoms with Crippen LogP contribution in [0.15, 0.2) is 69.5 Å². The summed E-state index contributed by atoms with van der Waals surface area (Å²) in [5.74, 6) is -5.75. The molecule has 5 N–H and O–H groups in total. The summed E-state index contributed by atoms with van der Waals surface area (Å²) in [7, 11) is 0. The third-order valence-electron chi connectivity index (χ3n) is 11.0. The Morgan fingerprint density at radius 2 is 1.05 bits per heavy atom. The molecule has 0 spiro atoms. The first kappa shape index (κ1) is 56.4. The summed E-state index contributed by atoms with van der Waals surface area (Å²) in [6, 6.07) is 13.1. The average Bonchev–Trinajstić information content (AvgIpc) is 3.98. The van der Waals surface area contributed by atoms with Crippen LogP contribution in [0, 0.1) is 0 Å². The number of aromatic nitrogens is 6. The molecule has 1 amide bonds. The van der Waals surface area contributed by atoms with Gasteiger partial charge in [-0.15, -0.1) is 32.8 Å². The predicted octanol–water partition coefficient (Wildman–Crippen LogP) is 12.2. The van der Waals surface area contributed by atoms with Crippen LogP contribution in [-0.4, -0.2) is 64.6 Å². The van der Waals surface area contributed by atoms with E-state index in [1.807, 2.05) is 0 Å². The number of nitrogens with one attached hydrogen (secondary N) is 1. The Labute approximate surface area is 416 Å². The van der Waals surface area contributed by atoms with E-state index in [2.05, 4.69) is 35.7 Å². The Kier molecular flexibility index (Phi) is 15.8. The number of nitrogens with two attached hydrogens (primary N) is 1. The highest BCUT2D eigenvalue weighted by atomic mass is 35.5. The van der Waals surface area contributed by atoms with Crippen molar-refractivity contribution in [3.05, 3.63) is 94.7 Å². The number of alkyl halides is 12. The highest BCUT2D eigenvalue weighted by Gasteiger charge is 2.60. The molecule has 2 unspecified atom stereocenters. The van der Waals surface area contributed by atoms with E-state index < -0.39 is 130 Å². The molecule has 4 aromatic heterocycles. The number of aryl methyl sites for hydroxylation is 2. The molecule has 0 radical (unpaired) electrons. The van der Waals surface area contributed by atoms with Gasteiger partial charge in [-0.3, -0.25) is 5.32 Å². The highest BCUT2D eigenvalue weighted by molar-refractivity contribution is 5.90. The SMILES string of the molecule is CC(C)(C)OC(=O)Nc1cc(C(F)(F)F)c2nc1-c1nnc(o1)C(O)(C(F)(F)F)CCCCc1ccccc1O2.Cl.Nc1cc(C(F)(F)F)c2nc1-c1nnc(o1)C(O)(C(F)(F)F)CCCCc1ccccc1O2. The minimum Gasteiger partial charge on any atom is -0.444 e. The molecule has 2 aromatic carbocycles. The van der Waals surface area contributed by atoms with Crippen molar-refractivity contribution in [2.75, 3.05) is 11.1 Å². The molecule has 29 heteroatoms. The molecule has 6 heterocycles. The lowest BCUT2D eigenvalue weighted by Crippen LogP contribution is -2.42. The number of anilines is 2. The van der Waals surface area contributed by atoms with Crippen molar-refractivity contribution in [1.29, 1.82) is 0 Å². The van der Waals surface area contributed by atoms with Crippen LogP contribution in [0.25, 0.3) is 23.2 Å². The van der Waals surface area contributed by atoms with Gasteiger partial charge in [-0.25, -0.2) is 14.8 Å². The molecule has 400 valence electrons. The smallest absolute Gasteiger partial charge is 0.426 e. The molecule has 0 saturated carbocycles. The van der Waals surface area contributed by atoms with E-state index in [9.17, 15) is 67.7 Å². The third kappa shape index (κ3) is 12.2. The number of ether oxygens (including phenoxy) is 3. The van der Waals surface area contributed by atoms with Crippen molar-refractivity contribution < 1.29 is 90.7 Å². The van der Waals surface area contributed by atoms with Crippen LogP contribution >= 0.6 is 12.4 Å². The number of halogens is 13. The van der Waals surface area contributed by atoms with E-state index in [4.69, 9.17) is 28.8 Å². The molecule has 8 bridgehead atoms. The molecule has 8 rings (SSSR count). The third-order valence-corrected chi connectivity index (χ3v) is 11.0. The van der Waals surface area contributed by atoms with Gasteiger partial charge in [-0.1, -0.05) is 36.4 Å². The second-order valence-electron chi connectivity index (χ2n) is 17.5. The molecule has 0 saturated heterocycles. The van der Waals surface area contributed by atoms with E-state index in [-0.39, 0.29) is 62.4 Å². The second-order valence-corrected chi connectivity index (χ2v) is 17.5. The maximum atomic E-state index is 14.1. The van der Waals surface area contributed by atoms with Crippen LogP contribution in [0.4, 0.5) is 68.9 Å². The number of fused-ring (bicyclic) bond motifs is 12. The molecule has 2 aliphatic heterocycles. The number of nitrogen functional groups attached to an aromatic ring is 1. The summed E-state index contributed by atoms with van der Waals surface area (Å²) in [6.07, 6.45) is -22.8. The maximum Gasteiger partial charge on any atom is 0.426 e. The van der Waals surface area contributed by atoms with Gasteiger partial charge in [0.2, 0.25) is 23.0 Å². The van der Waals surface area contributed by atoms with Crippen LogP contribution in [0.3, 0.4) is 0 Å². The lowest BCUT2D eigenvalue weighted by molar-refractivity contribution is -0.277. The summed E-state index contributed by atoms with van der Waals surface area (Å²) in [5, 5.41) is 36.7. The first-order chi connectivity index (χ1) is 33.9. The standard InChI is InChI=1S/C25H24F6N4O5.C20H16F6N4O3.ClH/c1-22(2,3)40-21(36)32-15-12-14(24(26,27)28)18-33-17(15)19-34-35-20(39-19)23(37,25(29,30)31)11-7-6-9-13-8-4-5-10-16(13)38-18;21-19(22,23)11-9-12(27)14-16-29-30-17(33-16)18(31,20(24,25)26)8-4-3-6-10-5-1-2-7-13(10)32-15(11)28-14;/h4-5,8,10,12,37H,6-7,9,11H2,1-3H3,(H,32,36);1-2,5,7,9,31H,3-4,6,8,27H2;1H. The van der Waals surface area contributed by atoms with E-state index in [0.717, 1.165) is 0 Å². The number of carbonyl (C=O) groups excluding carboxylic acids is 1. The fourth-order valence-electron chi connectivity index (χ4n) is 7.35. The number of hydrogen-bond donors (Lipinski definition) is 4. The van der Waals surface area contributed by atoms with Gasteiger partial charge in [0.1, 0.15) is 28.2 Å². The Hall–Kier alpha value is -6.94. The second kappa shape index (κ2) is 20.8. The van der Waals surface area contributed by atoms with Gasteiger partial charge in [0.05, 0.1) is 11.4 Å². The van der Waals surface area contributed by atoms with Gasteiger partial charge in [0.25, 0.3) is 23.6 Å². The Morgan fingerprint density at radius 1 is 0.635 bits per heavy atom. The fraction of sp³-hybridized carbons (Fsp3) is 0.400. The van der Waals surface area contributed by atoms with Crippen LogP contribution in [-0.2, 0) is 41.1 Å². The van der Waals surface area contributed by atoms with Gasteiger partial charge >= 0.3 is 30.8 Å². The molecule has 74 heavy (non-hydrogen) atoms. The normalized spacial score (nSPS) is 18.5. The quantitative estimate of drug-likeness (QED) is 0.112. The molecular formula is C45H41ClF12N8O8. The molecular weight excluding hydrogens is 1040 g/mol. The van der Waals surface area contributed by atoms with Crippen molar-refractivity contribution in [2.24, 2.45) is 0 Å². The zero-order valence-corrected chi connectivity index (χ0v) is 39.3. The number of para-hydroxylation sites is 2.